The molecule has 5 nitrogen and oxygen atoms in total. The van der Waals surface area contributed by atoms with E-state index in [1.165, 1.54) is 0 Å². The lowest BCUT2D eigenvalue weighted by atomic mass is 10.3. The highest BCUT2D eigenvalue weighted by Crippen LogP contribution is 2.04. The number of hydrogen-bond acceptors (Lipinski definition) is 5. The van der Waals surface area contributed by atoms with Crippen LogP contribution in [0.5, 0.6) is 0 Å². The van der Waals surface area contributed by atoms with Gasteiger partial charge in [-0.05, 0) is 12.1 Å². The van der Waals surface area contributed by atoms with Crippen molar-refractivity contribution < 1.29 is 15.1 Å². The summed E-state index contributed by atoms with van der Waals surface area (Å²) in [4.78, 5) is 8.24. The van der Waals surface area contributed by atoms with Crippen LogP contribution in [0.25, 0.3) is 11.0 Å². The molecule has 0 radical (unpaired) electrons. The van der Waals surface area contributed by atoms with E-state index in [1.54, 1.807) is 12.4 Å². The van der Waals surface area contributed by atoms with E-state index in [0.717, 1.165) is 11.0 Å². The minimum Gasteiger partial charge on any atom is -0.402 e. The molecule has 1 aromatic heterocycles. The number of hydrogen-bond donors (Lipinski definition) is 3. The van der Waals surface area contributed by atoms with Crippen LogP contribution in [0, 0.1) is 0 Å². The second-order valence-electron chi connectivity index (χ2n) is 2.39. The maximum atomic E-state index is 7.17. The van der Waals surface area contributed by atoms with Gasteiger partial charge in [0.2, 0.25) is 0 Å². The fraction of sp³-hybridized carbons (Fsp3) is 0. The highest BCUT2D eigenvalue weighted by Gasteiger charge is 1.92. The summed E-state index contributed by atoms with van der Waals surface area (Å²) in [6.45, 7) is 0. The van der Waals surface area contributed by atoms with E-state index >= 15 is 0 Å². The van der Waals surface area contributed by atoms with Crippen molar-refractivity contribution in [2.45, 2.75) is 0 Å². The van der Waals surface area contributed by atoms with Crippen molar-refractivity contribution >= 4 is 18.4 Å². The maximum Gasteiger partial charge on any atom is 0.631 e. The molecule has 0 fully saturated rings. The van der Waals surface area contributed by atoms with Crippen molar-refractivity contribution in [1.29, 1.82) is 0 Å². The van der Waals surface area contributed by atoms with Gasteiger partial charge in [-0.1, -0.05) is 12.1 Å². The van der Waals surface area contributed by atoms with Crippen molar-refractivity contribution in [1.82, 2.24) is 9.97 Å². The molecule has 0 atom stereocenters. The molecule has 72 valence electrons. The van der Waals surface area contributed by atoms with E-state index in [2.05, 4.69) is 9.97 Å². The Morgan fingerprint density at radius 2 is 1.21 bits per heavy atom. The monoisotopic (exact) mass is 192 g/mol. The van der Waals surface area contributed by atoms with Crippen LogP contribution in [0.15, 0.2) is 36.7 Å². The third-order valence-electron chi connectivity index (χ3n) is 1.38. The Kier molecular flexibility index (Phi) is 3.99. The summed E-state index contributed by atoms with van der Waals surface area (Å²) in [6, 6.07) is 7.80. The molecule has 1 aromatic carbocycles. The predicted octanol–water partition coefficient (Wildman–Crippen LogP) is -0.422. The third-order valence-corrected chi connectivity index (χ3v) is 1.38. The van der Waals surface area contributed by atoms with Gasteiger partial charge < -0.3 is 15.1 Å². The Labute approximate surface area is 80.9 Å². The van der Waals surface area contributed by atoms with Gasteiger partial charge in [-0.25, -0.2) is 0 Å². The molecule has 0 saturated carbocycles. The number of fused-ring (bicyclic) bond motifs is 1. The van der Waals surface area contributed by atoms with Gasteiger partial charge in [0, 0.05) is 12.4 Å². The summed E-state index contributed by atoms with van der Waals surface area (Å²) in [7, 11) is -2.17. The van der Waals surface area contributed by atoms with Crippen LogP contribution in [-0.4, -0.2) is 32.4 Å². The molecule has 14 heavy (non-hydrogen) atoms. The highest BCUT2D eigenvalue weighted by atomic mass is 16.5. The Balaban J connectivity index is 0.000000213. The first-order valence-corrected chi connectivity index (χ1v) is 3.90. The van der Waals surface area contributed by atoms with Gasteiger partial charge >= 0.3 is 7.32 Å². The molecule has 0 amide bonds. The largest absolute Gasteiger partial charge is 0.631 e. The van der Waals surface area contributed by atoms with Crippen LogP contribution in [0.3, 0.4) is 0 Å². The summed E-state index contributed by atoms with van der Waals surface area (Å²) in [6.07, 6.45) is 3.39. The molecule has 2 aromatic rings. The molecule has 0 aliphatic heterocycles. The van der Waals surface area contributed by atoms with Gasteiger partial charge in [-0.2, -0.15) is 0 Å². The number of aromatic nitrogens is 2. The van der Waals surface area contributed by atoms with Crippen molar-refractivity contribution in [2.75, 3.05) is 0 Å². The van der Waals surface area contributed by atoms with Crippen molar-refractivity contribution in [3.8, 4) is 0 Å². The third kappa shape index (κ3) is 3.48. The summed E-state index contributed by atoms with van der Waals surface area (Å²) in [5.41, 5.74) is 1.90. The van der Waals surface area contributed by atoms with Gasteiger partial charge in [0.15, 0.2) is 0 Å². The smallest absolute Gasteiger partial charge is 0.402 e. The molecular formula is C8H9BN2O3. The summed E-state index contributed by atoms with van der Waals surface area (Å²) < 4.78 is 0. The van der Waals surface area contributed by atoms with Crippen molar-refractivity contribution in [3.05, 3.63) is 36.7 Å². The Bertz CT molecular complexity index is 329. The number of rotatable bonds is 0. The molecule has 0 aliphatic carbocycles. The first-order chi connectivity index (χ1) is 6.70. The van der Waals surface area contributed by atoms with E-state index in [0.29, 0.717) is 0 Å². The van der Waals surface area contributed by atoms with Crippen LogP contribution in [0.4, 0.5) is 0 Å². The van der Waals surface area contributed by atoms with Crippen molar-refractivity contribution in [3.63, 3.8) is 0 Å². The molecule has 0 aliphatic rings. The summed E-state index contributed by atoms with van der Waals surface area (Å²) in [5.74, 6) is 0. The van der Waals surface area contributed by atoms with Crippen LogP contribution in [-0.2, 0) is 0 Å². The number of nitrogens with zero attached hydrogens (tertiary/aromatic N) is 2. The summed E-state index contributed by atoms with van der Waals surface area (Å²) >= 11 is 0. The van der Waals surface area contributed by atoms with E-state index in [4.69, 9.17) is 15.1 Å². The lowest BCUT2D eigenvalue weighted by molar-refractivity contribution is 0.278. The fourth-order valence-electron chi connectivity index (χ4n) is 0.910. The quantitative estimate of drug-likeness (QED) is 0.493. The molecule has 2 rings (SSSR count). The highest BCUT2D eigenvalue weighted by molar-refractivity contribution is 6.30. The Hall–Kier alpha value is -1.50. The fourth-order valence-corrected chi connectivity index (χ4v) is 0.910. The molecule has 3 N–H and O–H groups in total. The van der Waals surface area contributed by atoms with E-state index < -0.39 is 7.32 Å². The molecule has 6 heteroatoms. The minimum atomic E-state index is -2.17. The standard InChI is InChI=1S/C8H6N2.BH3O3/c1-2-4-8-7(3-1)9-5-6-10-8;2-1(3)4/h1-6H;2-4H. The average Bonchev–Trinajstić information content (AvgIpc) is 2.17. The van der Waals surface area contributed by atoms with Gasteiger partial charge in [-0.3, -0.25) is 9.97 Å². The van der Waals surface area contributed by atoms with Crippen LogP contribution >= 0.6 is 0 Å². The van der Waals surface area contributed by atoms with E-state index in [-0.39, 0.29) is 0 Å². The van der Waals surface area contributed by atoms with E-state index in [9.17, 15) is 0 Å². The zero-order valence-corrected chi connectivity index (χ0v) is 7.28. The number of benzene rings is 1. The van der Waals surface area contributed by atoms with Crippen molar-refractivity contribution in [2.24, 2.45) is 0 Å². The second-order valence-corrected chi connectivity index (χ2v) is 2.39. The molecular weight excluding hydrogens is 183 g/mol. The minimum absolute atomic E-state index is 0.949. The Morgan fingerprint density at radius 1 is 0.857 bits per heavy atom. The molecule has 0 saturated heterocycles. The van der Waals surface area contributed by atoms with Gasteiger partial charge in [0.25, 0.3) is 0 Å². The average molecular weight is 192 g/mol. The van der Waals surface area contributed by atoms with Gasteiger partial charge in [0.1, 0.15) is 0 Å². The van der Waals surface area contributed by atoms with Crippen LogP contribution < -0.4 is 0 Å². The number of para-hydroxylation sites is 2. The van der Waals surface area contributed by atoms with E-state index in [1.807, 2.05) is 24.3 Å². The molecule has 0 unspecified atom stereocenters. The molecule has 0 bridgehead atoms. The van der Waals surface area contributed by atoms with Crippen LogP contribution in [0.1, 0.15) is 0 Å². The summed E-state index contributed by atoms with van der Waals surface area (Å²) in [5, 5.41) is 21.5. The van der Waals surface area contributed by atoms with Gasteiger partial charge in [0.05, 0.1) is 11.0 Å². The van der Waals surface area contributed by atoms with Crippen LogP contribution in [0.2, 0.25) is 0 Å². The first-order valence-electron chi connectivity index (χ1n) is 3.90. The first kappa shape index (κ1) is 10.6. The lowest BCUT2D eigenvalue weighted by Gasteiger charge is -1.90. The zero-order valence-electron chi connectivity index (χ0n) is 7.28. The SMILES string of the molecule is OB(O)O.c1ccc2nccnc2c1. The normalized spacial score (nSPS) is 9.07. The Morgan fingerprint density at radius 3 is 1.57 bits per heavy atom. The maximum absolute atomic E-state index is 7.17. The molecule has 1 heterocycles. The molecule has 0 spiro atoms. The topological polar surface area (TPSA) is 86.5 Å². The second kappa shape index (κ2) is 5.28. The zero-order chi connectivity index (χ0) is 10.4. The lowest BCUT2D eigenvalue weighted by Crippen LogP contribution is -2.07. The predicted molar refractivity (Wildman–Crippen MR) is 51.9 cm³/mol. The van der Waals surface area contributed by atoms with Gasteiger partial charge in [-0.15, -0.1) is 0 Å².